The molecule has 0 atom stereocenters. The molecule has 3 heteroatoms. The van der Waals surface area contributed by atoms with Gasteiger partial charge < -0.3 is 10.1 Å². The largest absolute Gasteiger partial charge is 0.491 e. The average molecular weight is 256 g/mol. The second kappa shape index (κ2) is 6.90. The number of rotatable bonds is 6. The van der Waals surface area contributed by atoms with Crippen LogP contribution in [0.4, 0.5) is 0 Å². The van der Waals surface area contributed by atoms with Crippen LogP contribution in [-0.2, 0) is 13.0 Å². The van der Waals surface area contributed by atoms with Gasteiger partial charge in [0.05, 0.1) is 12.3 Å². The van der Waals surface area contributed by atoms with Crippen molar-refractivity contribution in [1.29, 1.82) is 0 Å². The van der Waals surface area contributed by atoms with E-state index in [2.05, 4.69) is 34.6 Å². The molecule has 0 aliphatic rings. The number of benzene rings is 1. The van der Waals surface area contributed by atoms with Crippen molar-refractivity contribution < 1.29 is 4.74 Å². The van der Waals surface area contributed by atoms with Gasteiger partial charge in [0.15, 0.2) is 0 Å². The molecule has 0 aliphatic carbocycles. The molecule has 0 radical (unpaired) electrons. The molecule has 19 heavy (non-hydrogen) atoms. The van der Waals surface area contributed by atoms with E-state index in [0.717, 1.165) is 30.1 Å². The smallest absolute Gasteiger partial charge is 0.142 e. The van der Waals surface area contributed by atoms with Crippen LogP contribution in [0.5, 0.6) is 5.75 Å². The highest BCUT2D eigenvalue weighted by Crippen LogP contribution is 2.17. The fourth-order valence-corrected chi connectivity index (χ4v) is 1.95. The van der Waals surface area contributed by atoms with Crippen molar-refractivity contribution in [2.24, 2.45) is 0 Å². The summed E-state index contributed by atoms with van der Waals surface area (Å²) >= 11 is 0. The lowest BCUT2D eigenvalue weighted by atomic mass is 10.2. The molecule has 0 aliphatic heterocycles. The predicted molar refractivity (Wildman–Crippen MR) is 77.4 cm³/mol. The first kappa shape index (κ1) is 13.6. The molecule has 0 saturated heterocycles. The van der Waals surface area contributed by atoms with E-state index in [1.165, 1.54) is 5.56 Å². The van der Waals surface area contributed by atoms with E-state index in [1.807, 2.05) is 32.2 Å². The highest BCUT2D eigenvalue weighted by molar-refractivity contribution is 5.29. The SMILES string of the molecule is CNCc1nc(C)ccc1OCCc1ccccc1. The molecule has 1 aromatic carbocycles. The summed E-state index contributed by atoms with van der Waals surface area (Å²) in [4.78, 5) is 4.50. The third-order valence-corrected chi connectivity index (χ3v) is 2.91. The van der Waals surface area contributed by atoms with E-state index in [-0.39, 0.29) is 0 Å². The molecule has 0 bridgehead atoms. The second-order valence-corrected chi connectivity index (χ2v) is 4.51. The number of aryl methyl sites for hydroxylation is 1. The van der Waals surface area contributed by atoms with E-state index in [1.54, 1.807) is 0 Å². The first-order valence-electron chi connectivity index (χ1n) is 6.57. The van der Waals surface area contributed by atoms with Crippen LogP contribution in [0.2, 0.25) is 0 Å². The number of pyridine rings is 1. The van der Waals surface area contributed by atoms with Crippen molar-refractivity contribution in [3.63, 3.8) is 0 Å². The van der Waals surface area contributed by atoms with E-state index < -0.39 is 0 Å². The number of nitrogens with one attached hydrogen (secondary N) is 1. The summed E-state index contributed by atoms with van der Waals surface area (Å²) in [5.41, 5.74) is 3.27. The molecule has 2 aromatic rings. The maximum absolute atomic E-state index is 5.85. The van der Waals surface area contributed by atoms with Gasteiger partial charge in [-0.15, -0.1) is 0 Å². The van der Waals surface area contributed by atoms with Gasteiger partial charge in [0, 0.05) is 18.7 Å². The van der Waals surface area contributed by atoms with Crippen LogP contribution < -0.4 is 10.1 Å². The zero-order valence-corrected chi connectivity index (χ0v) is 11.5. The summed E-state index contributed by atoms with van der Waals surface area (Å²) in [6.07, 6.45) is 0.910. The number of hydrogen-bond donors (Lipinski definition) is 1. The molecule has 0 unspecified atom stereocenters. The fraction of sp³-hybridized carbons (Fsp3) is 0.312. The number of hydrogen-bond acceptors (Lipinski definition) is 3. The van der Waals surface area contributed by atoms with Gasteiger partial charge >= 0.3 is 0 Å². The van der Waals surface area contributed by atoms with Gasteiger partial charge in [-0.2, -0.15) is 0 Å². The summed E-state index contributed by atoms with van der Waals surface area (Å²) < 4.78 is 5.85. The Hall–Kier alpha value is -1.87. The third-order valence-electron chi connectivity index (χ3n) is 2.91. The lowest BCUT2D eigenvalue weighted by Crippen LogP contribution is -2.11. The van der Waals surface area contributed by atoms with Crippen LogP contribution >= 0.6 is 0 Å². The molecule has 1 heterocycles. The lowest BCUT2D eigenvalue weighted by molar-refractivity contribution is 0.316. The highest BCUT2D eigenvalue weighted by Gasteiger charge is 2.05. The Balaban J connectivity index is 1.95. The van der Waals surface area contributed by atoms with Gasteiger partial charge in [-0.05, 0) is 31.7 Å². The minimum Gasteiger partial charge on any atom is -0.491 e. The van der Waals surface area contributed by atoms with Gasteiger partial charge in [0.1, 0.15) is 5.75 Å². The van der Waals surface area contributed by atoms with Crippen LogP contribution in [0, 0.1) is 6.92 Å². The Morgan fingerprint density at radius 3 is 2.63 bits per heavy atom. The van der Waals surface area contributed by atoms with Gasteiger partial charge in [-0.1, -0.05) is 30.3 Å². The average Bonchev–Trinajstić information content (AvgIpc) is 2.43. The molecule has 0 spiro atoms. The maximum atomic E-state index is 5.85. The Kier molecular flexibility index (Phi) is 4.93. The van der Waals surface area contributed by atoms with Crippen LogP contribution in [0.25, 0.3) is 0 Å². The fourth-order valence-electron chi connectivity index (χ4n) is 1.95. The Morgan fingerprint density at radius 1 is 1.11 bits per heavy atom. The van der Waals surface area contributed by atoms with Crippen molar-refractivity contribution >= 4 is 0 Å². The van der Waals surface area contributed by atoms with Crippen molar-refractivity contribution in [2.75, 3.05) is 13.7 Å². The van der Waals surface area contributed by atoms with Crippen LogP contribution in [0.1, 0.15) is 17.0 Å². The zero-order valence-electron chi connectivity index (χ0n) is 11.5. The minimum absolute atomic E-state index is 0.672. The van der Waals surface area contributed by atoms with Gasteiger partial charge in [0.2, 0.25) is 0 Å². The second-order valence-electron chi connectivity index (χ2n) is 4.51. The number of nitrogens with zero attached hydrogens (tertiary/aromatic N) is 1. The number of aromatic nitrogens is 1. The first-order chi connectivity index (χ1) is 9.29. The summed E-state index contributed by atoms with van der Waals surface area (Å²) in [5, 5.41) is 3.12. The minimum atomic E-state index is 0.672. The van der Waals surface area contributed by atoms with Crippen molar-refractivity contribution in [3.8, 4) is 5.75 Å². The number of ether oxygens (including phenoxy) is 1. The standard InChI is InChI=1S/C16H20N2O/c1-13-8-9-16(15(18-13)12-17-2)19-11-10-14-6-4-3-5-7-14/h3-9,17H,10-12H2,1-2H3. The predicted octanol–water partition coefficient (Wildman–Crippen LogP) is 2.73. The topological polar surface area (TPSA) is 34.2 Å². The molecular formula is C16H20N2O. The Morgan fingerprint density at radius 2 is 1.89 bits per heavy atom. The van der Waals surface area contributed by atoms with Crippen molar-refractivity contribution in [3.05, 3.63) is 59.4 Å². The van der Waals surface area contributed by atoms with Gasteiger partial charge in [-0.3, -0.25) is 4.98 Å². The van der Waals surface area contributed by atoms with Crippen molar-refractivity contribution in [1.82, 2.24) is 10.3 Å². The Labute approximate surface area is 114 Å². The van der Waals surface area contributed by atoms with Crippen LogP contribution in [-0.4, -0.2) is 18.6 Å². The van der Waals surface area contributed by atoms with E-state index in [9.17, 15) is 0 Å². The normalized spacial score (nSPS) is 10.4. The first-order valence-corrected chi connectivity index (χ1v) is 6.57. The molecule has 2 rings (SSSR count). The van der Waals surface area contributed by atoms with E-state index >= 15 is 0 Å². The highest BCUT2D eigenvalue weighted by atomic mass is 16.5. The van der Waals surface area contributed by atoms with E-state index in [0.29, 0.717) is 6.61 Å². The summed E-state index contributed by atoms with van der Waals surface area (Å²) in [7, 11) is 1.91. The van der Waals surface area contributed by atoms with E-state index in [4.69, 9.17) is 4.74 Å². The molecule has 0 fully saturated rings. The summed E-state index contributed by atoms with van der Waals surface area (Å²) in [6.45, 7) is 3.39. The molecular weight excluding hydrogens is 236 g/mol. The molecule has 3 nitrogen and oxygen atoms in total. The molecule has 1 N–H and O–H groups in total. The summed E-state index contributed by atoms with van der Waals surface area (Å²) in [6, 6.07) is 14.3. The summed E-state index contributed by atoms with van der Waals surface area (Å²) in [5.74, 6) is 0.871. The Bertz CT molecular complexity index is 511. The van der Waals surface area contributed by atoms with Gasteiger partial charge in [0.25, 0.3) is 0 Å². The van der Waals surface area contributed by atoms with Crippen LogP contribution in [0.3, 0.4) is 0 Å². The van der Waals surface area contributed by atoms with Crippen LogP contribution in [0.15, 0.2) is 42.5 Å². The van der Waals surface area contributed by atoms with Crippen molar-refractivity contribution in [2.45, 2.75) is 19.9 Å². The van der Waals surface area contributed by atoms with Gasteiger partial charge in [-0.25, -0.2) is 0 Å². The maximum Gasteiger partial charge on any atom is 0.142 e. The molecule has 0 amide bonds. The molecule has 0 saturated carbocycles. The zero-order chi connectivity index (χ0) is 13.5. The molecule has 100 valence electrons. The molecule has 1 aromatic heterocycles. The monoisotopic (exact) mass is 256 g/mol. The third kappa shape index (κ3) is 4.07. The quantitative estimate of drug-likeness (QED) is 0.863. The lowest BCUT2D eigenvalue weighted by Gasteiger charge is -2.11.